The lowest BCUT2D eigenvalue weighted by Gasteiger charge is -2.44. The van der Waals surface area contributed by atoms with Crippen LogP contribution in [0.2, 0.25) is 0 Å². The Bertz CT molecular complexity index is 1160. The SMILES string of the molecule is CC1CN(c2ccc(OC(F)(F)F)cc2)CC(C)N1S(=O)(=O)c1ccc(F)c(CC(=O)O)c1F. The predicted octanol–water partition coefficient (Wildman–Crippen LogP) is 3.78. The molecule has 0 radical (unpaired) electrons. The number of carboxylic acid groups (broad SMARTS) is 1. The molecule has 0 saturated carbocycles. The van der Waals surface area contributed by atoms with Crippen LogP contribution in [0.5, 0.6) is 5.75 Å². The number of ether oxygens (including phenoxy) is 1. The second-order valence-corrected chi connectivity index (χ2v) is 9.70. The first kappa shape index (κ1) is 25.7. The number of benzene rings is 2. The van der Waals surface area contributed by atoms with Crippen molar-refractivity contribution in [3.8, 4) is 5.75 Å². The number of halogens is 5. The molecule has 1 heterocycles. The Labute approximate surface area is 192 Å². The lowest BCUT2D eigenvalue weighted by atomic mass is 10.1. The van der Waals surface area contributed by atoms with Crippen LogP contribution in [0.1, 0.15) is 19.4 Å². The van der Waals surface area contributed by atoms with Crippen molar-refractivity contribution >= 4 is 21.7 Å². The van der Waals surface area contributed by atoms with E-state index in [4.69, 9.17) is 5.11 Å². The standard InChI is InChI=1S/C21H21F5N2O5S/c1-12-10-27(14-3-5-15(6-4-14)33-21(24,25)26)11-13(2)28(12)34(31,32)18-8-7-17(22)16(20(18)23)9-19(29)30/h3-8,12-13H,9-11H2,1-2H3,(H,29,30). The number of aliphatic carboxylic acids is 1. The summed E-state index contributed by atoms with van der Waals surface area (Å²) in [4.78, 5) is 11.9. The van der Waals surface area contributed by atoms with Crippen LogP contribution in [0.15, 0.2) is 41.3 Å². The van der Waals surface area contributed by atoms with E-state index in [2.05, 4.69) is 4.74 Å². The monoisotopic (exact) mass is 508 g/mol. The third-order valence-electron chi connectivity index (χ3n) is 5.31. The van der Waals surface area contributed by atoms with Crippen molar-refractivity contribution < 1.29 is 45.0 Å². The number of sulfonamides is 1. The molecule has 0 amide bonds. The average molecular weight is 508 g/mol. The Hall–Kier alpha value is -2.93. The Morgan fingerprint density at radius 2 is 1.62 bits per heavy atom. The minimum absolute atomic E-state index is 0.133. The molecular formula is C21H21F5N2O5S. The molecule has 0 spiro atoms. The van der Waals surface area contributed by atoms with E-state index in [1.54, 1.807) is 18.7 Å². The van der Waals surface area contributed by atoms with Gasteiger partial charge < -0.3 is 14.7 Å². The molecule has 1 N–H and O–H groups in total. The fraction of sp³-hybridized carbons (Fsp3) is 0.381. The number of hydrogen-bond acceptors (Lipinski definition) is 5. The summed E-state index contributed by atoms with van der Waals surface area (Å²) < 4.78 is 97.4. The molecule has 7 nitrogen and oxygen atoms in total. The summed E-state index contributed by atoms with van der Waals surface area (Å²) in [6, 6.07) is 5.16. The predicted molar refractivity (Wildman–Crippen MR) is 111 cm³/mol. The molecular weight excluding hydrogens is 487 g/mol. The molecule has 2 aromatic rings. The van der Waals surface area contributed by atoms with Gasteiger partial charge in [0, 0.05) is 36.4 Å². The van der Waals surface area contributed by atoms with Crippen LogP contribution in [0.25, 0.3) is 0 Å². The number of alkyl halides is 3. The highest BCUT2D eigenvalue weighted by molar-refractivity contribution is 7.89. The Morgan fingerprint density at radius 3 is 2.12 bits per heavy atom. The first-order chi connectivity index (χ1) is 15.7. The molecule has 1 fully saturated rings. The number of rotatable bonds is 6. The number of anilines is 1. The van der Waals surface area contributed by atoms with Gasteiger partial charge in [-0.2, -0.15) is 4.31 Å². The summed E-state index contributed by atoms with van der Waals surface area (Å²) in [6.45, 7) is 3.41. The molecule has 0 bridgehead atoms. The molecule has 2 atom stereocenters. The van der Waals surface area contributed by atoms with Crippen molar-refractivity contribution in [2.75, 3.05) is 18.0 Å². The zero-order valence-corrected chi connectivity index (χ0v) is 18.8. The summed E-state index contributed by atoms with van der Waals surface area (Å²) in [5.41, 5.74) is -0.323. The van der Waals surface area contributed by atoms with E-state index < -0.39 is 68.7 Å². The van der Waals surface area contributed by atoms with Gasteiger partial charge in [-0.15, -0.1) is 13.2 Å². The van der Waals surface area contributed by atoms with E-state index in [1.165, 1.54) is 12.1 Å². The molecule has 0 aliphatic carbocycles. The van der Waals surface area contributed by atoms with Crippen molar-refractivity contribution in [3.05, 3.63) is 53.6 Å². The highest BCUT2D eigenvalue weighted by Crippen LogP contribution is 2.32. The molecule has 186 valence electrons. The van der Waals surface area contributed by atoms with Crippen LogP contribution < -0.4 is 9.64 Å². The molecule has 3 rings (SSSR count). The highest BCUT2D eigenvalue weighted by Gasteiger charge is 2.40. The average Bonchev–Trinajstić information content (AvgIpc) is 2.69. The van der Waals surface area contributed by atoms with E-state index in [-0.39, 0.29) is 13.1 Å². The van der Waals surface area contributed by atoms with E-state index in [0.29, 0.717) is 11.8 Å². The number of carbonyl (C=O) groups is 1. The molecule has 1 aliphatic rings. The minimum Gasteiger partial charge on any atom is -0.481 e. The second-order valence-electron chi connectivity index (χ2n) is 7.89. The van der Waals surface area contributed by atoms with Crippen LogP contribution in [-0.4, -0.2) is 55.3 Å². The summed E-state index contributed by atoms with van der Waals surface area (Å²) in [7, 11) is -4.47. The summed E-state index contributed by atoms with van der Waals surface area (Å²) >= 11 is 0. The fourth-order valence-electron chi connectivity index (χ4n) is 4.05. The van der Waals surface area contributed by atoms with Crippen LogP contribution in [-0.2, 0) is 21.2 Å². The van der Waals surface area contributed by atoms with Crippen molar-refractivity contribution in [1.82, 2.24) is 4.31 Å². The van der Waals surface area contributed by atoms with Gasteiger partial charge in [0.15, 0.2) is 0 Å². The summed E-state index contributed by atoms with van der Waals surface area (Å²) in [5, 5.41) is 8.89. The quantitative estimate of drug-likeness (QED) is 0.598. The van der Waals surface area contributed by atoms with Gasteiger partial charge >= 0.3 is 12.3 Å². The van der Waals surface area contributed by atoms with Crippen LogP contribution in [0, 0.1) is 11.6 Å². The van der Waals surface area contributed by atoms with E-state index in [0.717, 1.165) is 22.5 Å². The van der Waals surface area contributed by atoms with Gasteiger partial charge in [-0.1, -0.05) is 0 Å². The van der Waals surface area contributed by atoms with Gasteiger partial charge in [0.2, 0.25) is 10.0 Å². The molecule has 13 heteroatoms. The van der Waals surface area contributed by atoms with Crippen LogP contribution in [0.4, 0.5) is 27.6 Å². The number of nitrogens with zero attached hydrogens (tertiary/aromatic N) is 2. The molecule has 1 saturated heterocycles. The first-order valence-corrected chi connectivity index (χ1v) is 11.5. The molecule has 1 aliphatic heterocycles. The zero-order valence-electron chi connectivity index (χ0n) is 18.0. The molecule has 0 aromatic heterocycles. The smallest absolute Gasteiger partial charge is 0.481 e. The van der Waals surface area contributed by atoms with E-state index >= 15 is 0 Å². The maximum Gasteiger partial charge on any atom is 0.573 e. The maximum absolute atomic E-state index is 14.9. The summed E-state index contributed by atoms with van der Waals surface area (Å²) in [5.74, 6) is -4.54. The normalized spacial score (nSPS) is 19.8. The first-order valence-electron chi connectivity index (χ1n) is 10.0. The Balaban J connectivity index is 1.85. The summed E-state index contributed by atoms with van der Waals surface area (Å²) in [6.07, 6.45) is -5.85. The second kappa shape index (κ2) is 9.37. The van der Waals surface area contributed by atoms with Crippen molar-refractivity contribution in [2.45, 2.75) is 43.6 Å². The van der Waals surface area contributed by atoms with Crippen LogP contribution in [0.3, 0.4) is 0 Å². The van der Waals surface area contributed by atoms with Gasteiger partial charge in [-0.25, -0.2) is 17.2 Å². The van der Waals surface area contributed by atoms with Gasteiger partial charge in [0.05, 0.1) is 6.42 Å². The highest BCUT2D eigenvalue weighted by atomic mass is 32.2. The van der Waals surface area contributed by atoms with E-state index in [1.807, 2.05) is 0 Å². The van der Waals surface area contributed by atoms with Gasteiger partial charge in [0.1, 0.15) is 22.3 Å². The van der Waals surface area contributed by atoms with Crippen LogP contribution >= 0.6 is 0 Å². The third-order valence-corrected chi connectivity index (χ3v) is 7.45. The fourth-order valence-corrected chi connectivity index (χ4v) is 5.95. The Morgan fingerprint density at radius 1 is 1.06 bits per heavy atom. The van der Waals surface area contributed by atoms with E-state index in [9.17, 15) is 35.2 Å². The lowest BCUT2D eigenvalue weighted by Crippen LogP contribution is -2.58. The topological polar surface area (TPSA) is 87.2 Å². The van der Waals surface area contributed by atoms with Gasteiger partial charge in [0.25, 0.3) is 0 Å². The number of hydrogen-bond donors (Lipinski definition) is 1. The number of carboxylic acids is 1. The largest absolute Gasteiger partial charge is 0.573 e. The molecule has 34 heavy (non-hydrogen) atoms. The lowest BCUT2D eigenvalue weighted by molar-refractivity contribution is -0.274. The number of piperazine rings is 1. The third kappa shape index (κ3) is 5.41. The Kier molecular flexibility index (Phi) is 7.08. The molecule has 2 aromatic carbocycles. The minimum atomic E-state index is -4.83. The zero-order chi connectivity index (χ0) is 25.4. The van der Waals surface area contributed by atoms with Crippen molar-refractivity contribution in [1.29, 1.82) is 0 Å². The van der Waals surface area contributed by atoms with Crippen molar-refractivity contribution in [3.63, 3.8) is 0 Å². The maximum atomic E-state index is 14.9. The van der Waals surface area contributed by atoms with Crippen molar-refractivity contribution in [2.24, 2.45) is 0 Å². The van der Waals surface area contributed by atoms with Gasteiger partial charge in [-0.3, -0.25) is 4.79 Å². The molecule has 2 unspecified atom stereocenters. The van der Waals surface area contributed by atoms with Gasteiger partial charge in [-0.05, 0) is 50.2 Å².